The van der Waals surface area contributed by atoms with Crippen LogP contribution in [0.4, 0.5) is 0 Å². The van der Waals surface area contributed by atoms with Gasteiger partial charge in [-0.1, -0.05) is 36.4 Å². The van der Waals surface area contributed by atoms with Gasteiger partial charge in [0.05, 0.1) is 12.9 Å². The molecule has 2 nitrogen and oxygen atoms in total. The number of benzene rings is 1. The van der Waals surface area contributed by atoms with Crippen LogP contribution in [0.2, 0.25) is 0 Å². The van der Waals surface area contributed by atoms with Gasteiger partial charge in [0, 0.05) is 17.9 Å². The van der Waals surface area contributed by atoms with Gasteiger partial charge >= 0.3 is 0 Å². The van der Waals surface area contributed by atoms with Crippen molar-refractivity contribution >= 4 is 0 Å². The molecule has 0 radical (unpaired) electrons. The van der Waals surface area contributed by atoms with Crippen LogP contribution < -0.4 is 0 Å². The molecule has 0 saturated carbocycles. The second kappa shape index (κ2) is 6.99. The van der Waals surface area contributed by atoms with Gasteiger partial charge in [0.25, 0.3) is 0 Å². The predicted octanol–water partition coefficient (Wildman–Crippen LogP) is 4.47. The minimum atomic E-state index is 0.277. The van der Waals surface area contributed by atoms with Crippen molar-refractivity contribution in [2.45, 2.75) is 32.6 Å². The van der Waals surface area contributed by atoms with E-state index < -0.39 is 0 Å². The van der Waals surface area contributed by atoms with E-state index in [-0.39, 0.29) is 5.92 Å². The highest BCUT2D eigenvalue weighted by atomic mass is 16.5. The SMILES string of the molecule is CC(C)=COCCc1ccc(O)c(C2C=CC=CC2)c1. The van der Waals surface area contributed by atoms with E-state index in [1.807, 2.05) is 32.1 Å². The molecule has 106 valence electrons. The van der Waals surface area contributed by atoms with Gasteiger partial charge in [-0.2, -0.15) is 0 Å². The number of hydrogen-bond acceptors (Lipinski definition) is 2. The first-order valence-corrected chi connectivity index (χ1v) is 7.07. The zero-order chi connectivity index (χ0) is 14.4. The molecule has 1 unspecified atom stereocenters. The molecule has 1 atom stereocenters. The molecule has 0 spiro atoms. The van der Waals surface area contributed by atoms with E-state index in [1.54, 1.807) is 12.3 Å². The summed E-state index contributed by atoms with van der Waals surface area (Å²) in [6.07, 6.45) is 11.9. The van der Waals surface area contributed by atoms with Gasteiger partial charge in [-0.3, -0.25) is 0 Å². The van der Waals surface area contributed by atoms with Crippen LogP contribution >= 0.6 is 0 Å². The van der Waals surface area contributed by atoms with Gasteiger partial charge in [0.1, 0.15) is 5.75 Å². The molecule has 1 N–H and O–H groups in total. The summed E-state index contributed by atoms with van der Waals surface area (Å²) < 4.78 is 5.46. The van der Waals surface area contributed by atoms with E-state index in [9.17, 15) is 5.11 Å². The molecule has 2 rings (SSSR count). The van der Waals surface area contributed by atoms with E-state index in [0.29, 0.717) is 12.4 Å². The fourth-order valence-electron chi connectivity index (χ4n) is 2.27. The fourth-order valence-corrected chi connectivity index (χ4v) is 2.27. The normalized spacial score (nSPS) is 17.0. The standard InChI is InChI=1S/C18H22O2/c1-14(2)13-20-11-10-15-8-9-18(19)17(12-15)16-6-4-3-5-7-16/h3-6,8-9,12-13,16,19H,7,10-11H2,1-2H3. The quantitative estimate of drug-likeness (QED) is 0.631. The number of ether oxygens (including phenoxy) is 1. The predicted molar refractivity (Wildman–Crippen MR) is 82.8 cm³/mol. The number of phenolic OH excluding ortho intramolecular Hbond substituents is 1. The molecular weight excluding hydrogens is 248 g/mol. The van der Waals surface area contributed by atoms with Crippen LogP contribution in [0.1, 0.15) is 37.3 Å². The first kappa shape index (κ1) is 14.4. The maximum absolute atomic E-state index is 10.0. The Balaban J connectivity index is 2.03. The highest BCUT2D eigenvalue weighted by Crippen LogP contribution is 2.32. The Morgan fingerprint density at radius 2 is 2.20 bits per heavy atom. The summed E-state index contributed by atoms with van der Waals surface area (Å²) in [5, 5.41) is 10.0. The zero-order valence-corrected chi connectivity index (χ0v) is 12.2. The summed E-state index contributed by atoms with van der Waals surface area (Å²) in [6.45, 7) is 4.69. The molecule has 2 heteroatoms. The molecule has 1 aliphatic rings. The molecule has 0 aliphatic heterocycles. The van der Waals surface area contributed by atoms with Crippen LogP contribution in [-0.2, 0) is 11.2 Å². The summed E-state index contributed by atoms with van der Waals surface area (Å²) in [4.78, 5) is 0. The summed E-state index contributed by atoms with van der Waals surface area (Å²) >= 11 is 0. The van der Waals surface area contributed by atoms with Crippen molar-refractivity contribution in [3.63, 3.8) is 0 Å². The maximum Gasteiger partial charge on any atom is 0.119 e. The molecule has 1 aromatic rings. The van der Waals surface area contributed by atoms with E-state index in [2.05, 4.69) is 18.2 Å². The lowest BCUT2D eigenvalue weighted by Crippen LogP contribution is -2.00. The lowest BCUT2D eigenvalue weighted by molar-refractivity contribution is 0.250. The number of aromatic hydroxyl groups is 1. The van der Waals surface area contributed by atoms with E-state index in [0.717, 1.165) is 24.0 Å². The molecule has 0 saturated heterocycles. The number of rotatable bonds is 5. The van der Waals surface area contributed by atoms with Gasteiger partial charge in [-0.05, 0) is 37.5 Å². The van der Waals surface area contributed by atoms with Crippen LogP contribution in [0.5, 0.6) is 5.75 Å². The van der Waals surface area contributed by atoms with Crippen LogP contribution in [0.15, 0.2) is 54.3 Å². The topological polar surface area (TPSA) is 29.5 Å². The highest BCUT2D eigenvalue weighted by molar-refractivity contribution is 5.42. The Morgan fingerprint density at radius 1 is 1.35 bits per heavy atom. The van der Waals surface area contributed by atoms with E-state index in [1.165, 1.54) is 5.56 Å². The van der Waals surface area contributed by atoms with Gasteiger partial charge in [-0.25, -0.2) is 0 Å². The van der Waals surface area contributed by atoms with Crippen molar-refractivity contribution in [3.8, 4) is 5.75 Å². The molecule has 0 fully saturated rings. The minimum Gasteiger partial charge on any atom is -0.508 e. The number of hydrogen-bond donors (Lipinski definition) is 1. The fraction of sp³-hybridized carbons (Fsp3) is 0.333. The van der Waals surface area contributed by atoms with Gasteiger partial charge in [-0.15, -0.1) is 0 Å². The lowest BCUT2D eigenvalue weighted by atomic mass is 9.90. The van der Waals surface area contributed by atoms with E-state index in [4.69, 9.17) is 4.74 Å². The number of allylic oxidation sites excluding steroid dienone is 5. The van der Waals surface area contributed by atoms with E-state index >= 15 is 0 Å². The molecular formula is C18H22O2. The molecule has 0 bridgehead atoms. The van der Waals surface area contributed by atoms with Crippen molar-refractivity contribution in [3.05, 3.63) is 65.5 Å². The maximum atomic E-state index is 10.0. The van der Waals surface area contributed by atoms with Crippen molar-refractivity contribution in [1.29, 1.82) is 0 Å². The lowest BCUT2D eigenvalue weighted by Gasteiger charge is -2.16. The van der Waals surface area contributed by atoms with Crippen LogP contribution in [0.25, 0.3) is 0 Å². The van der Waals surface area contributed by atoms with Crippen LogP contribution in [-0.4, -0.2) is 11.7 Å². The largest absolute Gasteiger partial charge is 0.508 e. The van der Waals surface area contributed by atoms with Crippen molar-refractivity contribution < 1.29 is 9.84 Å². The van der Waals surface area contributed by atoms with Crippen molar-refractivity contribution in [2.24, 2.45) is 0 Å². The average molecular weight is 270 g/mol. The molecule has 0 heterocycles. The first-order chi connectivity index (χ1) is 9.66. The second-order valence-electron chi connectivity index (χ2n) is 5.36. The smallest absolute Gasteiger partial charge is 0.119 e. The Morgan fingerprint density at radius 3 is 2.90 bits per heavy atom. The first-order valence-electron chi connectivity index (χ1n) is 7.07. The second-order valence-corrected chi connectivity index (χ2v) is 5.36. The van der Waals surface area contributed by atoms with Crippen molar-refractivity contribution in [1.82, 2.24) is 0 Å². The van der Waals surface area contributed by atoms with Gasteiger partial charge < -0.3 is 9.84 Å². The Hall–Kier alpha value is -1.96. The summed E-state index contributed by atoms with van der Waals surface area (Å²) in [6, 6.07) is 5.85. The summed E-state index contributed by atoms with van der Waals surface area (Å²) in [5.74, 6) is 0.655. The monoisotopic (exact) mass is 270 g/mol. The third kappa shape index (κ3) is 4.02. The zero-order valence-electron chi connectivity index (χ0n) is 12.2. The summed E-state index contributed by atoms with van der Waals surface area (Å²) in [5.41, 5.74) is 3.36. The summed E-state index contributed by atoms with van der Waals surface area (Å²) in [7, 11) is 0. The van der Waals surface area contributed by atoms with Gasteiger partial charge in [0.15, 0.2) is 0 Å². The van der Waals surface area contributed by atoms with Gasteiger partial charge in [0.2, 0.25) is 0 Å². The minimum absolute atomic E-state index is 0.277. The molecule has 20 heavy (non-hydrogen) atoms. The Labute approximate surface area is 121 Å². The van der Waals surface area contributed by atoms with Crippen LogP contribution in [0, 0.1) is 0 Å². The van der Waals surface area contributed by atoms with Crippen LogP contribution in [0.3, 0.4) is 0 Å². The Kier molecular flexibility index (Phi) is 5.05. The third-order valence-electron chi connectivity index (χ3n) is 3.30. The average Bonchev–Trinajstić information content (AvgIpc) is 2.46. The molecule has 1 aliphatic carbocycles. The Bertz CT molecular complexity index is 534. The molecule has 0 aromatic heterocycles. The molecule has 0 amide bonds. The van der Waals surface area contributed by atoms with Crippen molar-refractivity contribution in [2.75, 3.05) is 6.61 Å². The third-order valence-corrected chi connectivity index (χ3v) is 3.30. The highest BCUT2D eigenvalue weighted by Gasteiger charge is 2.13. The molecule has 1 aromatic carbocycles. The number of phenols is 1.